The Morgan fingerprint density at radius 1 is 1.00 bits per heavy atom. The third kappa shape index (κ3) is 7.83. The molecule has 0 aromatic heterocycles. The number of aliphatic imine (C=N–C) groups is 1. The van der Waals surface area contributed by atoms with Crippen molar-refractivity contribution < 1.29 is 37.3 Å². The summed E-state index contributed by atoms with van der Waals surface area (Å²) >= 11 is 0. The van der Waals surface area contributed by atoms with Gasteiger partial charge >= 0.3 is 0 Å². The van der Waals surface area contributed by atoms with Crippen LogP contribution in [-0.4, -0.2) is 70.2 Å². The highest BCUT2D eigenvalue weighted by Gasteiger charge is 2.50. The van der Waals surface area contributed by atoms with Gasteiger partial charge in [0.05, 0.1) is 31.5 Å². The van der Waals surface area contributed by atoms with E-state index >= 15 is 0 Å². The number of carbonyl (C=O) groups excluding carboxylic acids is 1. The Morgan fingerprint density at radius 3 is 2.30 bits per heavy atom. The lowest BCUT2D eigenvalue weighted by atomic mass is 9.90. The van der Waals surface area contributed by atoms with Crippen LogP contribution in [-0.2, 0) is 25.9 Å². The van der Waals surface area contributed by atoms with Gasteiger partial charge < -0.3 is 24.1 Å². The molecule has 0 aliphatic carbocycles. The number of ether oxygens (including phenoxy) is 4. The maximum Gasteiger partial charge on any atom is 0.266 e. The zero-order valence-corrected chi connectivity index (χ0v) is 25.2. The Labute approximate surface area is 251 Å². The van der Waals surface area contributed by atoms with E-state index in [1.54, 1.807) is 81.8 Å². The summed E-state index contributed by atoms with van der Waals surface area (Å²) < 4.78 is 48.7. The molecule has 0 saturated carbocycles. The molecule has 43 heavy (non-hydrogen) atoms. The third-order valence-electron chi connectivity index (χ3n) is 7.09. The Kier molecular flexibility index (Phi) is 10.6. The number of hydrazine groups is 1. The summed E-state index contributed by atoms with van der Waals surface area (Å²) in [7, 11) is -0.605. The van der Waals surface area contributed by atoms with Crippen molar-refractivity contribution in [2.45, 2.75) is 42.8 Å². The fourth-order valence-corrected chi connectivity index (χ4v) is 5.98. The van der Waals surface area contributed by atoms with Crippen LogP contribution in [0.1, 0.15) is 30.9 Å². The summed E-state index contributed by atoms with van der Waals surface area (Å²) in [6.45, 7) is 2.35. The Balaban J connectivity index is 1.56. The fraction of sp³-hybridized carbons (Fsp3) is 0.355. The van der Waals surface area contributed by atoms with Crippen molar-refractivity contribution >= 4 is 21.6 Å². The molecule has 0 spiro atoms. The average Bonchev–Trinajstić information content (AvgIpc) is 3.37. The molecule has 3 N–H and O–H groups in total. The summed E-state index contributed by atoms with van der Waals surface area (Å²) in [5, 5.41) is 8.97. The third-order valence-corrected chi connectivity index (χ3v) is 8.82. The van der Waals surface area contributed by atoms with Gasteiger partial charge in [0.15, 0.2) is 15.4 Å². The van der Waals surface area contributed by atoms with Crippen molar-refractivity contribution in [2.24, 2.45) is 4.99 Å². The van der Waals surface area contributed by atoms with Crippen molar-refractivity contribution in [1.82, 2.24) is 10.9 Å². The second kappa shape index (κ2) is 14.4. The van der Waals surface area contributed by atoms with Crippen LogP contribution in [0.3, 0.4) is 0 Å². The van der Waals surface area contributed by atoms with E-state index in [0.717, 1.165) is 5.56 Å². The molecular weight excluding hydrogens is 574 g/mol. The van der Waals surface area contributed by atoms with Gasteiger partial charge in [-0.15, -0.1) is 0 Å². The van der Waals surface area contributed by atoms with Gasteiger partial charge in [0.25, 0.3) is 5.91 Å². The first kappa shape index (κ1) is 31.8. The Bertz CT molecular complexity index is 1490. The fourth-order valence-electron chi connectivity index (χ4n) is 4.59. The molecule has 2 atom stereocenters. The highest BCUT2D eigenvalue weighted by Crippen LogP contribution is 2.33. The van der Waals surface area contributed by atoms with E-state index in [9.17, 15) is 13.2 Å². The van der Waals surface area contributed by atoms with Crippen LogP contribution in [0.15, 0.2) is 82.7 Å². The summed E-state index contributed by atoms with van der Waals surface area (Å²) in [5.74, 6) is 1.18. The van der Waals surface area contributed by atoms with Crippen LogP contribution in [0.2, 0.25) is 0 Å². The van der Waals surface area contributed by atoms with Crippen molar-refractivity contribution in [1.29, 1.82) is 0 Å². The molecule has 3 aromatic rings. The van der Waals surface area contributed by atoms with Crippen LogP contribution in [0.5, 0.6) is 17.2 Å². The highest BCUT2D eigenvalue weighted by atomic mass is 32.2. The summed E-state index contributed by atoms with van der Waals surface area (Å²) in [5.41, 5.74) is 5.50. The molecule has 0 saturated heterocycles. The minimum absolute atomic E-state index is 0.0351. The maximum absolute atomic E-state index is 13.8. The number of hydrogen-bond acceptors (Lipinski definition) is 10. The van der Waals surface area contributed by atoms with Crippen molar-refractivity contribution in [3.05, 3.63) is 83.9 Å². The lowest BCUT2D eigenvalue weighted by molar-refractivity contribution is -0.129. The van der Waals surface area contributed by atoms with Gasteiger partial charge in [-0.2, -0.15) is 0 Å². The normalized spacial score (nSPS) is 18.0. The zero-order chi connectivity index (χ0) is 30.9. The van der Waals surface area contributed by atoms with E-state index in [4.69, 9.17) is 29.0 Å². The van der Waals surface area contributed by atoms with Crippen LogP contribution >= 0.6 is 0 Å². The second-order valence-electron chi connectivity index (χ2n) is 9.96. The Morgan fingerprint density at radius 2 is 1.67 bits per heavy atom. The molecule has 1 aliphatic rings. The van der Waals surface area contributed by atoms with Crippen LogP contribution in [0.25, 0.3) is 0 Å². The van der Waals surface area contributed by atoms with E-state index < -0.39 is 27.4 Å². The molecule has 0 unspecified atom stereocenters. The molecule has 1 heterocycles. The predicted octanol–water partition coefficient (Wildman–Crippen LogP) is 3.05. The van der Waals surface area contributed by atoms with Gasteiger partial charge in [-0.25, -0.2) is 18.8 Å². The van der Waals surface area contributed by atoms with Crippen LogP contribution in [0.4, 0.5) is 0 Å². The number of benzene rings is 3. The molecular formula is C31H37N3O8S. The number of sulfone groups is 1. The maximum atomic E-state index is 13.8. The molecule has 1 amide bonds. The minimum atomic E-state index is -3.71. The lowest BCUT2D eigenvalue weighted by Gasteiger charge is -2.28. The van der Waals surface area contributed by atoms with Gasteiger partial charge in [0, 0.05) is 31.2 Å². The second-order valence-corrected chi connectivity index (χ2v) is 12.1. The molecule has 1 aliphatic heterocycles. The molecule has 4 rings (SSSR count). The Hall–Kier alpha value is -4.13. The van der Waals surface area contributed by atoms with Gasteiger partial charge in [-0.3, -0.25) is 10.2 Å². The first-order valence-corrected chi connectivity index (χ1v) is 15.5. The lowest BCUT2D eigenvalue weighted by Crippen LogP contribution is -2.55. The number of rotatable bonds is 15. The van der Waals surface area contributed by atoms with E-state index in [1.165, 1.54) is 12.1 Å². The molecule has 11 nitrogen and oxygen atoms in total. The van der Waals surface area contributed by atoms with Gasteiger partial charge in [-0.05, 0) is 67.4 Å². The van der Waals surface area contributed by atoms with Gasteiger partial charge in [-0.1, -0.05) is 18.2 Å². The summed E-state index contributed by atoms with van der Waals surface area (Å²) in [6, 6.07) is 20.4. The number of methoxy groups -OCH3 is 2. The number of amides is 1. The highest BCUT2D eigenvalue weighted by molar-refractivity contribution is 7.91. The first-order valence-electron chi connectivity index (χ1n) is 13.8. The molecule has 12 heteroatoms. The van der Waals surface area contributed by atoms with E-state index in [0.29, 0.717) is 35.8 Å². The molecule has 0 bridgehead atoms. The summed E-state index contributed by atoms with van der Waals surface area (Å²) in [6.07, 6.45) is -0.372. The van der Waals surface area contributed by atoms with E-state index in [1.807, 2.05) is 0 Å². The van der Waals surface area contributed by atoms with E-state index in [-0.39, 0.29) is 36.1 Å². The number of aliphatic hydroxyl groups is 1. The number of nitrogens with zero attached hydrogens (tertiary/aromatic N) is 1. The number of carbonyl (C=O) groups is 1. The number of hydrogen-bond donors (Lipinski definition) is 3. The SMILES string of the molecule is COc1cc(CNNC(=O)[C@@]2(CCS(=O)(=O)c3ccccc3)N=C(c3ccc(OCCCO)cc3)O[C@H]2C)cc(OC)c1. The topological polar surface area (TPSA) is 145 Å². The standard InChI is InChI=1S/C31H37N3O8S/c1-22-31(14-17-43(37,38)28-8-5-4-6-9-28,30(36)34-32-21-23-18-26(39-2)20-27(19-23)40-3)33-29(42-22)24-10-12-25(13-11-24)41-16-7-15-35/h4-6,8-13,18-20,22,32,35H,7,14-17,21H2,1-3H3,(H,34,36)/t22-,31-/m0/s1. The first-order chi connectivity index (χ1) is 20.7. The van der Waals surface area contributed by atoms with Gasteiger partial charge in [0.2, 0.25) is 5.90 Å². The smallest absolute Gasteiger partial charge is 0.266 e. The van der Waals surface area contributed by atoms with Gasteiger partial charge in [0.1, 0.15) is 23.4 Å². The quantitative estimate of drug-likeness (QED) is 0.174. The van der Waals surface area contributed by atoms with Crippen molar-refractivity contribution in [2.75, 3.05) is 33.2 Å². The molecule has 3 aromatic carbocycles. The van der Waals surface area contributed by atoms with Crippen molar-refractivity contribution in [3.63, 3.8) is 0 Å². The minimum Gasteiger partial charge on any atom is -0.497 e. The molecule has 0 radical (unpaired) electrons. The summed E-state index contributed by atoms with van der Waals surface area (Å²) in [4.78, 5) is 18.7. The molecule has 0 fully saturated rings. The molecule has 230 valence electrons. The van der Waals surface area contributed by atoms with Crippen LogP contribution < -0.4 is 25.1 Å². The van der Waals surface area contributed by atoms with Crippen molar-refractivity contribution in [3.8, 4) is 17.2 Å². The largest absolute Gasteiger partial charge is 0.497 e. The average molecular weight is 612 g/mol. The zero-order valence-electron chi connectivity index (χ0n) is 24.4. The van der Waals surface area contributed by atoms with E-state index in [2.05, 4.69) is 10.9 Å². The van der Waals surface area contributed by atoms with Crippen LogP contribution in [0, 0.1) is 0 Å². The number of nitrogens with one attached hydrogen (secondary N) is 2. The monoisotopic (exact) mass is 611 g/mol. The number of aliphatic hydroxyl groups excluding tert-OH is 1. The predicted molar refractivity (Wildman–Crippen MR) is 161 cm³/mol.